The molecule has 31 heavy (non-hydrogen) atoms. The van der Waals surface area contributed by atoms with E-state index in [-0.39, 0.29) is 11.9 Å². The molecule has 1 aromatic heterocycles. The highest BCUT2D eigenvalue weighted by molar-refractivity contribution is 7.16. The molecule has 0 spiro atoms. The Balaban J connectivity index is 1.72. The number of carbonyl (C=O) groups excluding carboxylic acids is 1. The number of benzene rings is 2. The fourth-order valence-electron chi connectivity index (χ4n) is 4.42. The molecule has 1 aliphatic heterocycles. The number of aryl methyl sites for hydroxylation is 1. The lowest BCUT2D eigenvalue weighted by atomic mass is 9.92. The van der Waals surface area contributed by atoms with E-state index < -0.39 is 0 Å². The monoisotopic (exact) mass is 453 g/mol. The average molecular weight is 454 g/mol. The first-order chi connectivity index (χ1) is 15.0. The highest BCUT2D eigenvalue weighted by Crippen LogP contribution is 2.36. The fraction of sp³-hybridized carbons (Fsp3) is 0.346. The van der Waals surface area contributed by atoms with E-state index in [2.05, 4.69) is 37.4 Å². The molecule has 3 nitrogen and oxygen atoms in total. The summed E-state index contributed by atoms with van der Waals surface area (Å²) in [7, 11) is 0. The van der Waals surface area contributed by atoms with Gasteiger partial charge in [-0.1, -0.05) is 55.8 Å². The van der Waals surface area contributed by atoms with Crippen LogP contribution in [0, 0.1) is 5.92 Å². The minimum absolute atomic E-state index is 0.0523. The zero-order chi connectivity index (χ0) is 21.8. The summed E-state index contributed by atoms with van der Waals surface area (Å²) in [6.45, 7) is 6.79. The van der Waals surface area contributed by atoms with Gasteiger partial charge in [0.25, 0.3) is 5.91 Å². The first-order valence-corrected chi connectivity index (χ1v) is 12.3. The van der Waals surface area contributed by atoms with E-state index >= 15 is 0 Å². The Morgan fingerprint density at radius 1 is 1.13 bits per heavy atom. The van der Waals surface area contributed by atoms with E-state index in [0.29, 0.717) is 5.56 Å². The van der Waals surface area contributed by atoms with Crippen LogP contribution in [0.25, 0.3) is 0 Å². The van der Waals surface area contributed by atoms with Crippen LogP contribution < -0.4 is 10.2 Å². The Morgan fingerprint density at radius 3 is 2.45 bits per heavy atom. The molecule has 0 bridgehead atoms. The molecule has 2 aromatic carbocycles. The van der Waals surface area contributed by atoms with Gasteiger partial charge < -0.3 is 10.2 Å². The van der Waals surface area contributed by atoms with Crippen molar-refractivity contribution >= 4 is 33.8 Å². The van der Waals surface area contributed by atoms with Gasteiger partial charge in [-0.2, -0.15) is 0 Å². The van der Waals surface area contributed by atoms with Gasteiger partial charge in [0.2, 0.25) is 0 Å². The Bertz CT molecular complexity index is 1010. The van der Waals surface area contributed by atoms with E-state index in [9.17, 15) is 4.79 Å². The van der Waals surface area contributed by atoms with Crippen molar-refractivity contribution in [2.45, 2.75) is 39.2 Å². The molecule has 2 heterocycles. The van der Waals surface area contributed by atoms with Gasteiger partial charge in [-0.15, -0.1) is 11.3 Å². The minimum Gasteiger partial charge on any atom is -0.325 e. The molecular weight excluding hydrogens is 424 g/mol. The van der Waals surface area contributed by atoms with Crippen LogP contribution in [0.2, 0.25) is 5.02 Å². The van der Waals surface area contributed by atoms with Crippen LogP contribution in [-0.4, -0.2) is 19.0 Å². The van der Waals surface area contributed by atoms with Crippen LogP contribution in [0.1, 0.15) is 59.1 Å². The summed E-state index contributed by atoms with van der Waals surface area (Å²) < 4.78 is 0. The van der Waals surface area contributed by atoms with Crippen molar-refractivity contribution in [1.29, 1.82) is 0 Å². The van der Waals surface area contributed by atoms with Crippen LogP contribution in [0.15, 0.2) is 60.7 Å². The lowest BCUT2D eigenvalue weighted by Gasteiger charge is -2.34. The maximum Gasteiger partial charge on any atom is 0.256 e. The Hall–Kier alpha value is -2.14. The standard InChI is InChI=1S/C26H29ClN2OS/c1-3-22-17-23(26(31-22)28-25(30)20-7-5-4-6-8-20)24(19-9-11-21(27)12-10-19)29-15-13-18(2)14-16-29/h4-12,17-18,24H,3,13-16H2,1-2H3,(H,28,30)/p+1/t24-/m1/s1. The summed E-state index contributed by atoms with van der Waals surface area (Å²) in [6, 6.07) is 20.2. The smallest absolute Gasteiger partial charge is 0.256 e. The molecule has 1 aliphatic rings. The predicted octanol–water partition coefficient (Wildman–Crippen LogP) is 5.62. The van der Waals surface area contributed by atoms with Gasteiger partial charge >= 0.3 is 0 Å². The van der Waals surface area contributed by atoms with Crippen LogP contribution in [0.3, 0.4) is 0 Å². The molecule has 162 valence electrons. The maximum absolute atomic E-state index is 13.0. The first-order valence-electron chi connectivity index (χ1n) is 11.1. The number of piperidine rings is 1. The third kappa shape index (κ3) is 5.20. The number of nitrogens with one attached hydrogen (secondary N) is 2. The summed E-state index contributed by atoms with van der Waals surface area (Å²) in [6.07, 6.45) is 3.42. The summed E-state index contributed by atoms with van der Waals surface area (Å²) in [5.74, 6) is 0.726. The van der Waals surface area contributed by atoms with Crippen molar-refractivity contribution in [3.63, 3.8) is 0 Å². The molecule has 0 saturated carbocycles. The molecule has 1 atom stereocenters. The number of hydrogen-bond donors (Lipinski definition) is 2. The molecule has 1 amide bonds. The van der Waals surface area contributed by atoms with Crippen molar-refractivity contribution in [2.75, 3.05) is 18.4 Å². The number of thiophene rings is 1. The summed E-state index contributed by atoms with van der Waals surface area (Å²) >= 11 is 7.90. The Morgan fingerprint density at radius 2 is 1.81 bits per heavy atom. The topological polar surface area (TPSA) is 33.5 Å². The lowest BCUT2D eigenvalue weighted by molar-refractivity contribution is -0.931. The van der Waals surface area contributed by atoms with Crippen LogP contribution in [0.5, 0.6) is 0 Å². The van der Waals surface area contributed by atoms with E-state index in [1.165, 1.54) is 28.8 Å². The van der Waals surface area contributed by atoms with E-state index in [1.54, 1.807) is 16.2 Å². The Kier molecular flexibility index (Phi) is 7.11. The quantitative estimate of drug-likeness (QED) is 0.499. The number of amides is 1. The molecule has 2 N–H and O–H groups in total. The van der Waals surface area contributed by atoms with E-state index in [4.69, 9.17) is 11.6 Å². The molecule has 4 rings (SSSR count). The zero-order valence-electron chi connectivity index (χ0n) is 18.2. The van der Waals surface area contributed by atoms with Crippen molar-refractivity contribution in [2.24, 2.45) is 5.92 Å². The molecule has 5 heteroatoms. The van der Waals surface area contributed by atoms with Crippen molar-refractivity contribution in [1.82, 2.24) is 0 Å². The zero-order valence-corrected chi connectivity index (χ0v) is 19.7. The van der Waals surface area contributed by atoms with Gasteiger partial charge in [0.15, 0.2) is 0 Å². The largest absolute Gasteiger partial charge is 0.325 e. The predicted molar refractivity (Wildman–Crippen MR) is 130 cm³/mol. The number of rotatable bonds is 6. The second kappa shape index (κ2) is 9.99. The molecule has 0 aliphatic carbocycles. The van der Waals surface area contributed by atoms with E-state index in [0.717, 1.165) is 35.5 Å². The highest BCUT2D eigenvalue weighted by atomic mass is 35.5. The maximum atomic E-state index is 13.0. The molecule has 1 fully saturated rings. The number of halogens is 1. The Labute approximate surface area is 194 Å². The number of quaternary nitrogens is 1. The van der Waals surface area contributed by atoms with Gasteiger partial charge in [-0.05, 0) is 55.5 Å². The third-order valence-electron chi connectivity index (χ3n) is 6.26. The normalized spacial score (nSPS) is 19.7. The average Bonchev–Trinajstić information content (AvgIpc) is 3.19. The molecule has 0 radical (unpaired) electrons. The lowest BCUT2D eigenvalue weighted by Crippen LogP contribution is -3.13. The van der Waals surface area contributed by atoms with Gasteiger partial charge in [0.05, 0.1) is 13.1 Å². The summed E-state index contributed by atoms with van der Waals surface area (Å²) in [5.41, 5.74) is 3.16. The number of likely N-dealkylation sites (tertiary alicyclic amines) is 1. The minimum atomic E-state index is -0.0523. The summed E-state index contributed by atoms with van der Waals surface area (Å²) in [5, 5.41) is 4.95. The second-order valence-electron chi connectivity index (χ2n) is 8.50. The van der Waals surface area contributed by atoms with Crippen LogP contribution >= 0.6 is 22.9 Å². The highest BCUT2D eigenvalue weighted by Gasteiger charge is 2.33. The van der Waals surface area contributed by atoms with Gasteiger partial charge in [-0.3, -0.25) is 4.79 Å². The SMILES string of the molecule is CCc1cc([C@@H](c2ccc(Cl)cc2)[NH+]2CCC(C)CC2)c(NC(=O)c2ccccc2)s1. The first kappa shape index (κ1) is 22.1. The summed E-state index contributed by atoms with van der Waals surface area (Å²) in [4.78, 5) is 15.8. The molecular formula is C26H30ClN2OS+. The number of carbonyl (C=O) groups is 1. The molecule has 3 aromatic rings. The van der Waals surface area contributed by atoms with Crippen molar-refractivity contribution in [3.05, 3.63) is 87.3 Å². The number of hydrogen-bond acceptors (Lipinski definition) is 2. The second-order valence-corrected chi connectivity index (χ2v) is 10.1. The van der Waals surface area contributed by atoms with E-state index in [1.807, 2.05) is 42.5 Å². The fourth-order valence-corrected chi connectivity index (χ4v) is 5.58. The molecule has 0 unspecified atom stereocenters. The van der Waals surface area contributed by atoms with Gasteiger partial charge in [0.1, 0.15) is 11.0 Å². The van der Waals surface area contributed by atoms with Crippen LogP contribution in [0.4, 0.5) is 5.00 Å². The van der Waals surface area contributed by atoms with Gasteiger partial charge in [0, 0.05) is 26.6 Å². The van der Waals surface area contributed by atoms with Crippen molar-refractivity contribution in [3.8, 4) is 0 Å². The van der Waals surface area contributed by atoms with Gasteiger partial charge in [-0.25, -0.2) is 0 Å². The van der Waals surface area contributed by atoms with Crippen molar-refractivity contribution < 1.29 is 9.69 Å². The molecule has 1 saturated heterocycles. The number of anilines is 1. The third-order valence-corrected chi connectivity index (χ3v) is 7.73. The van der Waals surface area contributed by atoms with Crippen LogP contribution in [-0.2, 0) is 6.42 Å².